The number of hydrogen-bond acceptors (Lipinski definition) is 4. The summed E-state index contributed by atoms with van der Waals surface area (Å²) < 4.78 is 10.1. The molecule has 0 amide bonds. The number of aromatic amines is 1. The number of methoxy groups -OCH3 is 1. The molecule has 0 radical (unpaired) electrons. The Morgan fingerprint density at radius 2 is 2.18 bits per heavy atom. The van der Waals surface area contributed by atoms with Gasteiger partial charge in [-0.25, -0.2) is 9.95 Å². The maximum absolute atomic E-state index is 11.4. The summed E-state index contributed by atoms with van der Waals surface area (Å²) in [5, 5.41) is 3.90. The maximum Gasteiger partial charge on any atom is 0.366 e. The standard InChI is InChI=1S/C12H10N2O3/c1-6-3-7-10-8(12(15)17-14-10)5-13-11(7)9(4-6)16-2/h3-5,14H,1-2H3. The van der Waals surface area contributed by atoms with Crippen LogP contribution in [0.1, 0.15) is 5.56 Å². The van der Waals surface area contributed by atoms with Gasteiger partial charge in [-0.05, 0) is 24.6 Å². The molecule has 1 N–H and O–H groups in total. The van der Waals surface area contributed by atoms with Gasteiger partial charge in [0, 0.05) is 11.6 Å². The first-order chi connectivity index (χ1) is 8.20. The summed E-state index contributed by atoms with van der Waals surface area (Å²) in [7, 11) is 1.60. The minimum absolute atomic E-state index is 0.408. The molecule has 2 heterocycles. The fraction of sp³-hybridized carbons (Fsp3) is 0.167. The van der Waals surface area contributed by atoms with Gasteiger partial charge in [-0.3, -0.25) is 4.98 Å². The predicted octanol–water partition coefficient (Wildman–Crippen LogP) is 1.99. The first-order valence-corrected chi connectivity index (χ1v) is 5.15. The van der Waals surface area contributed by atoms with E-state index >= 15 is 0 Å². The molecule has 0 unspecified atom stereocenters. The second-order valence-corrected chi connectivity index (χ2v) is 3.90. The molecule has 0 saturated heterocycles. The summed E-state index contributed by atoms with van der Waals surface area (Å²) in [6.07, 6.45) is 1.50. The van der Waals surface area contributed by atoms with E-state index in [1.165, 1.54) is 6.20 Å². The number of pyridine rings is 1. The monoisotopic (exact) mass is 230 g/mol. The Morgan fingerprint density at radius 1 is 1.35 bits per heavy atom. The lowest BCUT2D eigenvalue weighted by Gasteiger charge is -2.06. The number of ether oxygens (including phenoxy) is 1. The van der Waals surface area contributed by atoms with Gasteiger partial charge in [0.2, 0.25) is 0 Å². The highest BCUT2D eigenvalue weighted by molar-refractivity contribution is 6.04. The van der Waals surface area contributed by atoms with E-state index < -0.39 is 5.63 Å². The lowest BCUT2D eigenvalue weighted by molar-refractivity contribution is 0.400. The van der Waals surface area contributed by atoms with Crippen molar-refractivity contribution in [3.8, 4) is 5.75 Å². The SMILES string of the molecule is COc1cc(C)cc2c1ncc1c(=O)o[nH]c12. The van der Waals surface area contributed by atoms with Gasteiger partial charge in [-0.15, -0.1) is 0 Å². The van der Waals surface area contributed by atoms with Gasteiger partial charge in [0.25, 0.3) is 0 Å². The number of benzene rings is 1. The zero-order valence-electron chi connectivity index (χ0n) is 9.40. The number of H-pyrrole nitrogens is 1. The Kier molecular flexibility index (Phi) is 1.95. The van der Waals surface area contributed by atoms with Gasteiger partial charge in [-0.1, -0.05) is 0 Å². The largest absolute Gasteiger partial charge is 0.494 e. The first-order valence-electron chi connectivity index (χ1n) is 5.15. The highest BCUT2D eigenvalue weighted by Crippen LogP contribution is 2.29. The summed E-state index contributed by atoms with van der Waals surface area (Å²) in [5.41, 5.74) is 1.99. The summed E-state index contributed by atoms with van der Waals surface area (Å²) >= 11 is 0. The van der Waals surface area contributed by atoms with Crippen molar-refractivity contribution in [2.75, 3.05) is 7.11 Å². The molecule has 0 spiro atoms. The number of rotatable bonds is 1. The van der Waals surface area contributed by atoms with E-state index in [9.17, 15) is 4.79 Å². The second-order valence-electron chi connectivity index (χ2n) is 3.90. The minimum Gasteiger partial charge on any atom is -0.494 e. The molecule has 86 valence electrons. The minimum atomic E-state index is -0.408. The molecule has 0 aliphatic heterocycles. The molecule has 1 aromatic carbocycles. The Bertz CT molecular complexity index is 770. The van der Waals surface area contributed by atoms with Crippen LogP contribution in [0.4, 0.5) is 0 Å². The first kappa shape index (κ1) is 9.89. The van der Waals surface area contributed by atoms with E-state index in [1.54, 1.807) is 7.11 Å². The number of aryl methyl sites for hydroxylation is 1. The zero-order valence-corrected chi connectivity index (χ0v) is 9.40. The van der Waals surface area contributed by atoms with Crippen LogP contribution in [0.25, 0.3) is 21.8 Å². The highest BCUT2D eigenvalue weighted by Gasteiger charge is 2.11. The summed E-state index contributed by atoms with van der Waals surface area (Å²) in [6, 6.07) is 3.85. The van der Waals surface area contributed by atoms with Crippen molar-refractivity contribution in [2.24, 2.45) is 0 Å². The number of nitrogens with zero attached hydrogens (tertiary/aromatic N) is 1. The van der Waals surface area contributed by atoms with Crippen molar-refractivity contribution < 1.29 is 9.26 Å². The van der Waals surface area contributed by atoms with Gasteiger partial charge in [0.05, 0.1) is 12.6 Å². The van der Waals surface area contributed by atoms with Crippen molar-refractivity contribution in [3.63, 3.8) is 0 Å². The van der Waals surface area contributed by atoms with Gasteiger partial charge in [0.15, 0.2) is 0 Å². The third-order valence-corrected chi connectivity index (χ3v) is 2.77. The third kappa shape index (κ3) is 1.32. The van der Waals surface area contributed by atoms with Gasteiger partial charge in [0.1, 0.15) is 16.7 Å². The van der Waals surface area contributed by atoms with Crippen LogP contribution in [0.2, 0.25) is 0 Å². The number of hydrogen-bond donors (Lipinski definition) is 1. The molecule has 0 aliphatic rings. The average molecular weight is 230 g/mol. The van der Waals surface area contributed by atoms with Crippen LogP contribution in [0.15, 0.2) is 27.6 Å². The molecular weight excluding hydrogens is 220 g/mol. The second kappa shape index (κ2) is 3.35. The molecule has 5 heteroatoms. The molecule has 17 heavy (non-hydrogen) atoms. The molecule has 0 aliphatic carbocycles. The molecule has 0 saturated carbocycles. The van der Waals surface area contributed by atoms with Crippen molar-refractivity contribution in [3.05, 3.63) is 34.3 Å². The molecule has 3 rings (SSSR count). The number of aromatic nitrogens is 2. The number of nitrogens with one attached hydrogen (secondary N) is 1. The molecule has 0 fully saturated rings. The van der Waals surface area contributed by atoms with Crippen LogP contribution in [0.5, 0.6) is 5.75 Å². The number of fused-ring (bicyclic) bond motifs is 3. The van der Waals surface area contributed by atoms with Gasteiger partial charge >= 0.3 is 5.63 Å². The van der Waals surface area contributed by atoms with Crippen LogP contribution < -0.4 is 10.4 Å². The van der Waals surface area contributed by atoms with E-state index in [-0.39, 0.29) is 0 Å². The summed E-state index contributed by atoms with van der Waals surface area (Å²) in [5.74, 6) is 0.684. The van der Waals surface area contributed by atoms with Crippen LogP contribution >= 0.6 is 0 Å². The van der Waals surface area contributed by atoms with Crippen LogP contribution in [0, 0.1) is 6.92 Å². The third-order valence-electron chi connectivity index (χ3n) is 2.77. The zero-order chi connectivity index (χ0) is 12.0. The van der Waals surface area contributed by atoms with E-state index in [0.717, 1.165) is 10.9 Å². The van der Waals surface area contributed by atoms with Crippen molar-refractivity contribution in [2.45, 2.75) is 6.92 Å². The Hall–Kier alpha value is -2.30. The summed E-state index contributed by atoms with van der Waals surface area (Å²) in [4.78, 5) is 15.6. The van der Waals surface area contributed by atoms with Crippen molar-refractivity contribution in [1.82, 2.24) is 10.1 Å². The average Bonchev–Trinajstić information content (AvgIpc) is 2.70. The smallest absolute Gasteiger partial charge is 0.366 e. The Morgan fingerprint density at radius 3 is 2.94 bits per heavy atom. The van der Waals surface area contributed by atoms with Gasteiger partial charge in [-0.2, -0.15) is 0 Å². The molecule has 0 atom stereocenters. The Labute approximate surface area is 96.0 Å². The van der Waals surface area contributed by atoms with Crippen LogP contribution in [0.3, 0.4) is 0 Å². The molecular formula is C12H10N2O3. The molecule has 3 aromatic rings. The maximum atomic E-state index is 11.4. The van der Waals surface area contributed by atoms with Crippen LogP contribution in [-0.4, -0.2) is 17.3 Å². The van der Waals surface area contributed by atoms with E-state index in [4.69, 9.17) is 9.26 Å². The lowest BCUT2D eigenvalue weighted by Crippen LogP contribution is -1.94. The fourth-order valence-corrected chi connectivity index (χ4v) is 1.98. The van der Waals surface area contributed by atoms with Crippen molar-refractivity contribution >= 4 is 21.8 Å². The van der Waals surface area contributed by atoms with Gasteiger partial charge < -0.3 is 9.26 Å². The molecule has 0 bridgehead atoms. The normalized spacial score (nSPS) is 11.2. The van der Waals surface area contributed by atoms with E-state index in [2.05, 4.69) is 10.1 Å². The lowest BCUT2D eigenvalue weighted by atomic mass is 10.1. The molecule has 2 aromatic heterocycles. The topological polar surface area (TPSA) is 68.1 Å². The van der Waals surface area contributed by atoms with E-state index in [0.29, 0.717) is 22.2 Å². The Balaban J connectivity index is 2.58. The highest BCUT2D eigenvalue weighted by atomic mass is 16.5. The van der Waals surface area contributed by atoms with Crippen molar-refractivity contribution in [1.29, 1.82) is 0 Å². The predicted molar refractivity (Wildman–Crippen MR) is 63.4 cm³/mol. The molecule has 5 nitrogen and oxygen atoms in total. The fourth-order valence-electron chi connectivity index (χ4n) is 1.98. The van der Waals surface area contributed by atoms with Crippen LogP contribution in [-0.2, 0) is 0 Å². The quantitative estimate of drug-likeness (QED) is 0.694. The van der Waals surface area contributed by atoms with E-state index in [1.807, 2.05) is 19.1 Å². The summed E-state index contributed by atoms with van der Waals surface area (Å²) in [6.45, 7) is 1.96.